The van der Waals surface area contributed by atoms with Crippen molar-refractivity contribution < 1.29 is 28.5 Å². The van der Waals surface area contributed by atoms with E-state index in [0.717, 1.165) is 65.5 Å². The fourth-order valence-electron chi connectivity index (χ4n) is 7.83. The largest absolute Gasteiger partial charge is 0.493 e. The van der Waals surface area contributed by atoms with Crippen molar-refractivity contribution in [1.29, 1.82) is 0 Å². The number of ether oxygens (including phenoxy) is 4. The van der Waals surface area contributed by atoms with Gasteiger partial charge in [0.15, 0.2) is 0 Å². The molecule has 0 aromatic heterocycles. The lowest BCUT2D eigenvalue weighted by molar-refractivity contribution is 0.0586. The molecule has 0 N–H and O–H groups in total. The molecule has 0 bridgehead atoms. The summed E-state index contributed by atoms with van der Waals surface area (Å²) >= 11 is 0. The lowest BCUT2D eigenvalue weighted by Crippen LogP contribution is -2.30. The molecule has 0 saturated heterocycles. The van der Waals surface area contributed by atoms with Gasteiger partial charge in [-0.25, -0.2) is 9.59 Å². The molecule has 0 heterocycles. The van der Waals surface area contributed by atoms with Crippen LogP contribution >= 0.6 is 0 Å². The maximum Gasteiger partial charge on any atom is 0.341 e. The third-order valence-corrected chi connectivity index (χ3v) is 12.1. The molecule has 6 nitrogen and oxygen atoms in total. The number of esters is 2. The Labute approximate surface area is 329 Å². The molecule has 4 aromatic rings. The third-order valence-electron chi connectivity index (χ3n) is 12.1. The average molecular weight is 747 g/mol. The SMILES string of the molecule is CCC(C)c1ccc2c(c1)C(c1ccc(OCCC(C)C)c(C(=O)OC)c1)(c1ccc(OCCC(C)C)c(C(=O)OC)c1)c1cc(C(C)(CC)CC)ccc1-2. The topological polar surface area (TPSA) is 71.1 Å². The fraction of sp³-hybridized carbons (Fsp3) is 0.469. The Hall–Kier alpha value is -4.58. The van der Waals surface area contributed by atoms with Crippen LogP contribution in [0.1, 0.15) is 154 Å². The molecule has 0 spiro atoms. The smallest absolute Gasteiger partial charge is 0.341 e. The van der Waals surface area contributed by atoms with Crippen molar-refractivity contribution in [3.8, 4) is 22.6 Å². The average Bonchev–Trinajstić information content (AvgIpc) is 3.49. The van der Waals surface area contributed by atoms with Crippen LogP contribution in [0.5, 0.6) is 11.5 Å². The standard InChI is InChI=1S/C49H62O6/c1-12-33(8)34-15-19-38-39-20-16-35(48(9,13-2)14-3)30-43(39)49(42(38)27-34,36-17-21-44(54-25-23-31(4)5)40(28-36)46(50)52-10)37-18-22-45(55-26-24-32(6)7)41(29-37)47(51)53-11/h15-22,27-33H,12-14,23-26H2,1-11H3. The van der Waals surface area contributed by atoms with Crippen LogP contribution in [0.2, 0.25) is 0 Å². The summed E-state index contributed by atoms with van der Waals surface area (Å²) in [5.41, 5.74) is 8.40. The lowest BCUT2D eigenvalue weighted by atomic mass is 9.65. The van der Waals surface area contributed by atoms with E-state index in [4.69, 9.17) is 18.9 Å². The minimum atomic E-state index is -0.939. The van der Waals surface area contributed by atoms with Crippen molar-refractivity contribution >= 4 is 11.9 Å². The predicted octanol–water partition coefficient (Wildman–Crippen LogP) is 12.1. The van der Waals surface area contributed by atoms with E-state index < -0.39 is 17.4 Å². The summed E-state index contributed by atoms with van der Waals surface area (Å²) in [5.74, 6) is 1.25. The number of methoxy groups -OCH3 is 2. The first-order valence-electron chi connectivity index (χ1n) is 20.3. The van der Waals surface area contributed by atoms with Gasteiger partial charge in [0.1, 0.15) is 22.6 Å². The highest BCUT2D eigenvalue weighted by Gasteiger charge is 2.48. The zero-order chi connectivity index (χ0) is 40.1. The second-order valence-electron chi connectivity index (χ2n) is 16.4. The summed E-state index contributed by atoms with van der Waals surface area (Å²) in [4.78, 5) is 27.3. The molecule has 1 aliphatic carbocycles. The van der Waals surface area contributed by atoms with Gasteiger partial charge in [0.2, 0.25) is 0 Å². The van der Waals surface area contributed by atoms with Crippen LogP contribution in [-0.4, -0.2) is 39.4 Å². The van der Waals surface area contributed by atoms with Crippen LogP contribution in [-0.2, 0) is 20.3 Å². The van der Waals surface area contributed by atoms with E-state index in [0.29, 0.717) is 53.6 Å². The summed E-state index contributed by atoms with van der Waals surface area (Å²) < 4.78 is 23.4. The fourth-order valence-corrected chi connectivity index (χ4v) is 7.83. The number of fused-ring (bicyclic) bond motifs is 3. The molecule has 0 amide bonds. The lowest BCUT2D eigenvalue weighted by Gasteiger charge is -2.36. The number of hydrogen-bond acceptors (Lipinski definition) is 6. The number of rotatable bonds is 17. The Morgan fingerprint density at radius 3 is 1.55 bits per heavy atom. The van der Waals surface area contributed by atoms with Gasteiger partial charge >= 0.3 is 11.9 Å². The highest BCUT2D eigenvalue weighted by atomic mass is 16.5. The molecule has 6 heteroatoms. The summed E-state index contributed by atoms with van der Waals surface area (Å²) in [5, 5.41) is 0. The first kappa shape index (κ1) is 41.6. The quantitative estimate of drug-likeness (QED) is 0.0882. The molecule has 294 valence electrons. The number of carbonyl (C=O) groups excluding carboxylic acids is 2. The molecule has 0 radical (unpaired) electrons. The number of hydrogen-bond donors (Lipinski definition) is 0. The number of carbonyl (C=O) groups is 2. The van der Waals surface area contributed by atoms with E-state index in [9.17, 15) is 9.59 Å². The summed E-state index contributed by atoms with van der Waals surface area (Å²) in [6.45, 7) is 20.9. The molecule has 55 heavy (non-hydrogen) atoms. The van der Waals surface area contributed by atoms with E-state index in [1.54, 1.807) is 0 Å². The number of benzene rings is 4. The third kappa shape index (κ3) is 8.06. The molecule has 1 atom stereocenters. The summed E-state index contributed by atoms with van der Waals surface area (Å²) in [6.07, 6.45) is 4.64. The van der Waals surface area contributed by atoms with E-state index in [2.05, 4.69) is 111 Å². The van der Waals surface area contributed by atoms with E-state index in [1.807, 2.05) is 24.3 Å². The maximum absolute atomic E-state index is 13.7. The van der Waals surface area contributed by atoms with E-state index in [1.165, 1.54) is 25.3 Å². The van der Waals surface area contributed by atoms with Crippen molar-refractivity contribution in [2.45, 2.75) is 111 Å². The molecular weight excluding hydrogens is 685 g/mol. The van der Waals surface area contributed by atoms with Gasteiger partial charge in [-0.05, 0) is 124 Å². The van der Waals surface area contributed by atoms with Gasteiger partial charge in [0.05, 0.1) is 32.8 Å². The van der Waals surface area contributed by atoms with Crippen molar-refractivity contribution in [3.63, 3.8) is 0 Å². The van der Waals surface area contributed by atoms with Crippen LogP contribution < -0.4 is 9.47 Å². The Morgan fingerprint density at radius 2 is 1.11 bits per heavy atom. The van der Waals surface area contributed by atoms with Crippen molar-refractivity contribution in [3.05, 3.63) is 117 Å². The Bertz CT molecular complexity index is 1910. The molecule has 0 fully saturated rings. The van der Waals surface area contributed by atoms with Crippen LogP contribution in [0, 0.1) is 11.8 Å². The Kier molecular flexibility index (Phi) is 13.2. The van der Waals surface area contributed by atoms with E-state index in [-0.39, 0.29) is 5.41 Å². The van der Waals surface area contributed by atoms with Gasteiger partial charge in [-0.15, -0.1) is 0 Å². The molecule has 5 rings (SSSR count). The minimum absolute atomic E-state index is 0.0615. The van der Waals surface area contributed by atoms with Gasteiger partial charge in [-0.1, -0.05) is 111 Å². The normalized spacial score (nSPS) is 13.7. The van der Waals surface area contributed by atoms with Crippen molar-refractivity contribution in [1.82, 2.24) is 0 Å². The second kappa shape index (κ2) is 17.5. The summed E-state index contributed by atoms with van der Waals surface area (Å²) in [7, 11) is 2.81. The zero-order valence-electron chi connectivity index (χ0n) is 35.1. The minimum Gasteiger partial charge on any atom is -0.493 e. The highest BCUT2D eigenvalue weighted by molar-refractivity contribution is 5.95. The highest BCUT2D eigenvalue weighted by Crippen LogP contribution is 2.58. The van der Waals surface area contributed by atoms with Crippen LogP contribution in [0.15, 0.2) is 72.8 Å². The predicted molar refractivity (Wildman–Crippen MR) is 223 cm³/mol. The molecule has 0 aliphatic heterocycles. The van der Waals surface area contributed by atoms with Gasteiger partial charge < -0.3 is 18.9 Å². The molecule has 1 aliphatic rings. The van der Waals surface area contributed by atoms with Gasteiger partial charge in [-0.3, -0.25) is 0 Å². The first-order valence-corrected chi connectivity index (χ1v) is 20.3. The van der Waals surface area contributed by atoms with Gasteiger partial charge in [0.25, 0.3) is 0 Å². The summed E-state index contributed by atoms with van der Waals surface area (Å²) in [6, 6.07) is 25.7. The van der Waals surface area contributed by atoms with Crippen LogP contribution in [0.4, 0.5) is 0 Å². The molecule has 0 saturated carbocycles. The monoisotopic (exact) mass is 746 g/mol. The van der Waals surface area contributed by atoms with Crippen LogP contribution in [0.25, 0.3) is 11.1 Å². The molecule has 4 aromatic carbocycles. The van der Waals surface area contributed by atoms with Crippen LogP contribution in [0.3, 0.4) is 0 Å². The van der Waals surface area contributed by atoms with E-state index >= 15 is 0 Å². The van der Waals surface area contributed by atoms with Crippen molar-refractivity contribution in [2.75, 3.05) is 27.4 Å². The van der Waals surface area contributed by atoms with Gasteiger partial charge in [0, 0.05) is 0 Å². The first-order chi connectivity index (χ1) is 26.3. The maximum atomic E-state index is 13.7. The Morgan fingerprint density at radius 1 is 0.636 bits per heavy atom. The zero-order valence-corrected chi connectivity index (χ0v) is 35.1. The molecule has 1 unspecified atom stereocenters. The molecular formula is C49H62O6. The Balaban J connectivity index is 1.93. The van der Waals surface area contributed by atoms with Gasteiger partial charge in [-0.2, -0.15) is 0 Å². The second-order valence-corrected chi connectivity index (χ2v) is 16.4. The van der Waals surface area contributed by atoms with Crippen molar-refractivity contribution in [2.24, 2.45) is 11.8 Å².